The molecule has 6 rings (SSSR count). The van der Waals surface area contributed by atoms with Gasteiger partial charge in [0.2, 0.25) is 10.0 Å². The molecule has 11 heteroatoms. The number of carboxylic acid groups (broad SMARTS) is 1. The Labute approximate surface area is 264 Å². The first-order valence-corrected chi connectivity index (χ1v) is 17.5. The summed E-state index contributed by atoms with van der Waals surface area (Å²) >= 11 is 6.37. The van der Waals surface area contributed by atoms with Crippen molar-refractivity contribution in [3.8, 4) is 5.75 Å². The number of hydrogen-bond donors (Lipinski definition) is 3. The lowest BCUT2D eigenvalue weighted by atomic mass is 9.68. The number of aromatic carboxylic acids is 1. The van der Waals surface area contributed by atoms with Crippen LogP contribution in [0.4, 0.5) is 5.69 Å². The average molecular weight is 645 g/mol. The van der Waals surface area contributed by atoms with Gasteiger partial charge in [0.25, 0.3) is 0 Å². The van der Waals surface area contributed by atoms with E-state index in [0.29, 0.717) is 51.5 Å². The van der Waals surface area contributed by atoms with E-state index < -0.39 is 27.3 Å². The van der Waals surface area contributed by atoms with Crippen LogP contribution in [-0.2, 0) is 26.6 Å². The van der Waals surface area contributed by atoms with E-state index in [4.69, 9.17) is 26.2 Å². The van der Waals surface area contributed by atoms with E-state index in [1.165, 1.54) is 11.1 Å². The van der Waals surface area contributed by atoms with Crippen molar-refractivity contribution in [3.63, 3.8) is 0 Å². The van der Waals surface area contributed by atoms with Gasteiger partial charge in [0.05, 0.1) is 35.8 Å². The predicted octanol–water partition coefficient (Wildman–Crippen LogP) is 4.54. The first-order valence-electron chi connectivity index (χ1n) is 15.5. The van der Waals surface area contributed by atoms with Crippen LogP contribution in [0.5, 0.6) is 5.75 Å². The van der Waals surface area contributed by atoms with Gasteiger partial charge in [-0.05, 0) is 98.2 Å². The van der Waals surface area contributed by atoms with Gasteiger partial charge < -0.3 is 24.6 Å². The molecule has 1 saturated heterocycles. The summed E-state index contributed by atoms with van der Waals surface area (Å²) < 4.78 is 36.1. The number of nitrogens with zero attached hydrogens (tertiary/aromatic N) is 1. The third kappa shape index (κ3) is 6.37. The number of fused-ring (bicyclic) bond motifs is 3. The highest BCUT2D eigenvalue weighted by molar-refractivity contribution is 7.89. The zero-order chi connectivity index (χ0) is 31.1. The highest BCUT2D eigenvalue weighted by Gasteiger charge is 2.44. The van der Waals surface area contributed by atoms with Crippen LogP contribution in [-0.4, -0.2) is 68.9 Å². The predicted molar refractivity (Wildman–Crippen MR) is 169 cm³/mol. The van der Waals surface area contributed by atoms with Gasteiger partial charge in [-0.25, -0.2) is 18.4 Å². The SMILES string of the molecule is NS(=O)(=O)[C@H]1CCOC[C@@H]1C/C=C/C(O)[C@@H]1CC[C@H]1CN1C[C@@]2(CCCc3cc(Cl)ccc32)COc2ccc(C(=O)O)cc21. The van der Waals surface area contributed by atoms with Gasteiger partial charge >= 0.3 is 5.97 Å². The van der Waals surface area contributed by atoms with Gasteiger partial charge in [-0.15, -0.1) is 0 Å². The number of aliphatic hydroxyl groups excluding tert-OH is 1. The van der Waals surface area contributed by atoms with Crippen molar-refractivity contribution in [1.82, 2.24) is 0 Å². The Bertz CT molecular complexity index is 1530. The first kappa shape index (κ1) is 31.4. The molecule has 1 saturated carbocycles. The Morgan fingerprint density at radius 1 is 1.18 bits per heavy atom. The summed E-state index contributed by atoms with van der Waals surface area (Å²) in [6.07, 6.45) is 8.57. The molecule has 1 spiro atoms. The lowest BCUT2D eigenvalue weighted by molar-refractivity contribution is 0.0446. The first-order chi connectivity index (χ1) is 21.0. The molecule has 4 N–H and O–H groups in total. The quantitative estimate of drug-likeness (QED) is 0.356. The number of aryl methyl sites for hydroxylation is 1. The van der Waals surface area contributed by atoms with Crippen LogP contribution in [0, 0.1) is 17.8 Å². The van der Waals surface area contributed by atoms with Gasteiger partial charge in [0.15, 0.2) is 0 Å². The largest absolute Gasteiger partial charge is 0.490 e. The molecule has 2 fully saturated rings. The molecule has 0 amide bonds. The standard InChI is InChI=1S/C33H41ClN2O7S/c34-25-8-10-27-21(15-25)4-2-13-33(27)19-36(28-16-22(32(38)39)7-11-30(28)43-20-33)17-23-6-9-26(23)29(37)5-1-3-24-18-42-14-12-31(24)44(35,40)41/h1,5,7-8,10-11,15-16,23-24,26,29,31,37H,2-4,6,9,12-14,17-20H2,(H,38,39)(H2,35,40,41)/b5-1+/t23-,24-,26+,29?,31-,33-/m0/s1. The van der Waals surface area contributed by atoms with Crippen LogP contribution >= 0.6 is 11.6 Å². The fourth-order valence-corrected chi connectivity index (χ4v) is 9.11. The lowest BCUT2D eigenvalue weighted by Crippen LogP contribution is -2.49. The minimum Gasteiger partial charge on any atom is -0.490 e. The number of halogens is 1. The Morgan fingerprint density at radius 3 is 2.77 bits per heavy atom. The molecule has 0 bridgehead atoms. The molecule has 6 atom stereocenters. The Kier molecular flexibility index (Phi) is 9.01. The number of sulfonamides is 1. The van der Waals surface area contributed by atoms with E-state index in [-0.39, 0.29) is 28.7 Å². The number of aliphatic hydroxyl groups is 1. The number of allylic oxidation sites excluding steroid dienone is 1. The summed E-state index contributed by atoms with van der Waals surface area (Å²) in [6.45, 7) is 2.53. The number of primary sulfonamides is 1. The third-order valence-corrected chi connectivity index (χ3v) is 12.0. The summed E-state index contributed by atoms with van der Waals surface area (Å²) in [5.74, 6) is -0.329. The molecule has 4 aliphatic rings. The second-order valence-corrected chi connectivity index (χ2v) is 15.2. The molecule has 1 unspecified atom stereocenters. The van der Waals surface area contributed by atoms with Crippen molar-refractivity contribution >= 4 is 33.3 Å². The summed E-state index contributed by atoms with van der Waals surface area (Å²) in [4.78, 5) is 14.2. The maximum atomic E-state index is 12.1. The van der Waals surface area contributed by atoms with Gasteiger partial charge in [-0.3, -0.25) is 0 Å². The second-order valence-electron chi connectivity index (χ2n) is 13.0. The van der Waals surface area contributed by atoms with Crippen molar-refractivity contribution in [2.24, 2.45) is 22.9 Å². The van der Waals surface area contributed by atoms with Crippen LogP contribution in [0.15, 0.2) is 48.6 Å². The fraction of sp³-hybridized carbons (Fsp3) is 0.545. The minimum absolute atomic E-state index is 0.0339. The summed E-state index contributed by atoms with van der Waals surface area (Å²) in [7, 11) is -3.66. The summed E-state index contributed by atoms with van der Waals surface area (Å²) in [5, 5.41) is 26.5. The minimum atomic E-state index is -3.66. The van der Waals surface area contributed by atoms with Crippen molar-refractivity contribution in [3.05, 3.63) is 70.3 Å². The third-order valence-electron chi connectivity index (χ3n) is 10.3. The highest BCUT2D eigenvalue weighted by atomic mass is 35.5. The van der Waals surface area contributed by atoms with Gasteiger partial charge in [0, 0.05) is 36.1 Å². The Morgan fingerprint density at radius 2 is 2.02 bits per heavy atom. The highest BCUT2D eigenvalue weighted by Crippen LogP contribution is 2.46. The molecule has 2 aliphatic heterocycles. The number of carbonyl (C=O) groups is 1. The Balaban J connectivity index is 1.22. The molecule has 0 aromatic heterocycles. The maximum Gasteiger partial charge on any atom is 0.335 e. The summed E-state index contributed by atoms with van der Waals surface area (Å²) in [5.41, 5.74) is 3.17. The number of benzene rings is 2. The van der Waals surface area contributed by atoms with Crippen LogP contribution in [0.3, 0.4) is 0 Å². The van der Waals surface area contributed by atoms with Crippen molar-refractivity contribution in [2.75, 3.05) is 37.8 Å². The van der Waals surface area contributed by atoms with Gasteiger partial charge in [0.1, 0.15) is 5.75 Å². The molecule has 2 aromatic carbocycles. The van der Waals surface area contributed by atoms with Crippen LogP contribution in [0.1, 0.15) is 60.0 Å². The van der Waals surface area contributed by atoms with E-state index in [0.717, 1.165) is 42.8 Å². The lowest BCUT2D eigenvalue weighted by Gasteiger charge is -2.45. The number of ether oxygens (including phenoxy) is 2. The van der Waals surface area contributed by atoms with E-state index >= 15 is 0 Å². The van der Waals surface area contributed by atoms with E-state index in [9.17, 15) is 23.4 Å². The number of rotatable bonds is 8. The molecular weight excluding hydrogens is 604 g/mol. The zero-order valence-electron chi connectivity index (χ0n) is 24.7. The molecule has 238 valence electrons. The van der Waals surface area contributed by atoms with Crippen molar-refractivity contribution in [2.45, 2.75) is 61.7 Å². The number of anilines is 1. The van der Waals surface area contributed by atoms with E-state index in [2.05, 4.69) is 17.0 Å². The molecule has 44 heavy (non-hydrogen) atoms. The van der Waals surface area contributed by atoms with Crippen LogP contribution in [0.25, 0.3) is 0 Å². The Hall–Kier alpha value is -2.63. The normalized spacial score (nSPS) is 29.3. The van der Waals surface area contributed by atoms with Gasteiger partial charge in [-0.2, -0.15) is 0 Å². The number of hydrogen-bond acceptors (Lipinski definition) is 7. The van der Waals surface area contributed by atoms with Gasteiger partial charge in [-0.1, -0.05) is 29.8 Å². The molecule has 9 nitrogen and oxygen atoms in total. The fourth-order valence-electron chi connectivity index (χ4n) is 7.77. The molecule has 0 radical (unpaired) electrons. The monoisotopic (exact) mass is 644 g/mol. The molecule has 2 heterocycles. The smallest absolute Gasteiger partial charge is 0.335 e. The van der Waals surface area contributed by atoms with Crippen LogP contribution < -0.4 is 14.8 Å². The number of nitrogens with two attached hydrogens (primary N) is 1. The van der Waals surface area contributed by atoms with E-state index in [1.807, 2.05) is 12.1 Å². The van der Waals surface area contributed by atoms with E-state index in [1.54, 1.807) is 24.3 Å². The average Bonchev–Trinajstić information content (AvgIpc) is 3.12. The van der Waals surface area contributed by atoms with Crippen molar-refractivity contribution in [1.29, 1.82) is 0 Å². The van der Waals surface area contributed by atoms with Crippen LogP contribution in [0.2, 0.25) is 5.02 Å². The molecule has 2 aromatic rings. The summed E-state index contributed by atoms with van der Waals surface area (Å²) in [6, 6.07) is 11.2. The molecule has 2 aliphatic carbocycles. The maximum absolute atomic E-state index is 12.1. The second kappa shape index (κ2) is 12.6. The topological polar surface area (TPSA) is 139 Å². The molecular formula is C33H41ClN2O7S. The van der Waals surface area contributed by atoms with Crippen molar-refractivity contribution < 1.29 is 32.9 Å². The zero-order valence-corrected chi connectivity index (χ0v) is 26.3. The number of carboxylic acids is 1.